The summed E-state index contributed by atoms with van der Waals surface area (Å²) in [5, 5.41) is 3.16. The zero-order valence-electron chi connectivity index (χ0n) is 17.8. The highest BCUT2D eigenvalue weighted by atomic mass is 16.5. The molecule has 1 aromatic heterocycles. The van der Waals surface area contributed by atoms with Gasteiger partial charge in [-0.15, -0.1) is 0 Å². The van der Waals surface area contributed by atoms with Crippen LogP contribution in [0.1, 0.15) is 29.4 Å². The molecular formula is C25H24N2O4. The molecule has 0 radical (unpaired) electrons. The van der Waals surface area contributed by atoms with E-state index in [-0.39, 0.29) is 24.1 Å². The maximum Gasteiger partial charge on any atom is 0.278 e. The summed E-state index contributed by atoms with van der Waals surface area (Å²) in [7, 11) is 0. The lowest BCUT2D eigenvalue weighted by molar-refractivity contribution is -0.137. The molecule has 2 amide bonds. The Morgan fingerprint density at radius 2 is 1.74 bits per heavy atom. The molecule has 0 unspecified atom stereocenters. The Morgan fingerprint density at radius 3 is 2.39 bits per heavy atom. The average molecular weight is 416 g/mol. The van der Waals surface area contributed by atoms with Crippen LogP contribution in [0.25, 0.3) is 5.57 Å². The summed E-state index contributed by atoms with van der Waals surface area (Å²) in [6, 6.07) is 16.5. The first-order valence-electron chi connectivity index (χ1n) is 10.2. The summed E-state index contributed by atoms with van der Waals surface area (Å²) in [5.74, 6) is 0.551. The van der Waals surface area contributed by atoms with Crippen LogP contribution in [0.3, 0.4) is 0 Å². The second kappa shape index (κ2) is 8.52. The van der Waals surface area contributed by atoms with Crippen molar-refractivity contribution in [3.63, 3.8) is 0 Å². The number of nitrogens with one attached hydrogen (secondary N) is 1. The molecule has 0 aliphatic carbocycles. The van der Waals surface area contributed by atoms with E-state index < -0.39 is 0 Å². The molecule has 1 aliphatic heterocycles. The van der Waals surface area contributed by atoms with Gasteiger partial charge in [-0.25, -0.2) is 0 Å². The van der Waals surface area contributed by atoms with E-state index in [0.29, 0.717) is 29.2 Å². The molecule has 0 fully saturated rings. The van der Waals surface area contributed by atoms with Crippen LogP contribution < -0.4 is 10.1 Å². The van der Waals surface area contributed by atoms with Gasteiger partial charge in [0.25, 0.3) is 11.8 Å². The minimum absolute atomic E-state index is 0.0769. The van der Waals surface area contributed by atoms with Crippen LogP contribution in [0.2, 0.25) is 0 Å². The Labute approximate surface area is 181 Å². The van der Waals surface area contributed by atoms with E-state index in [1.54, 1.807) is 12.1 Å². The van der Waals surface area contributed by atoms with Crippen LogP contribution in [0.5, 0.6) is 5.75 Å². The van der Waals surface area contributed by atoms with Gasteiger partial charge in [-0.3, -0.25) is 14.5 Å². The Bertz CT molecular complexity index is 1140. The number of nitrogens with zero attached hydrogens (tertiary/aromatic N) is 1. The first kappa shape index (κ1) is 20.5. The fraction of sp³-hybridized carbons (Fsp3) is 0.200. The Balaban J connectivity index is 1.72. The SMILES string of the molecule is CCOc1ccc(NC2=C(c3ccc(C)c(C)c3)C(=O)N(Cc3ccco3)C2=O)cc1. The summed E-state index contributed by atoms with van der Waals surface area (Å²) in [6.07, 6.45) is 1.52. The van der Waals surface area contributed by atoms with Gasteiger partial charge >= 0.3 is 0 Å². The first-order valence-corrected chi connectivity index (χ1v) is 10.2. The van der Waals surface area contributed by atoms with Gasteiger partial charge in [0.15, 0.2) is 0 Å². The number of amides is 2. The summed E-state index contributed by atoms with van der Waals surface area (Å²) >= 11 is 0. The van der Waals surface area contributed by atoms with E-state index in [1.807, 2.05) is 63.2 Å². The predicted molar refractivity (Wildman–Crippen MR) is 118 cm³/mol. The number of hydrogen-bond acceptors (Lipinski definition) is 5. The molecule has 1 N–H and O–H groups in total. The topological polar surface area (TPSA) is 71.8 Å². The number of carbonyl (C=O) groups is 2. The standard InChI is InChI=1S/C25H24N2O4/c1-4-30-20-11-9-19(10-12-20)26-23-22(18-8-7-16(2)17(3)14-18)24(28)27(25(23)29)15-21-6-5-13-31-21/h5-14,26H,4,15H2,1-3H3. The van der Waals surface area contributed by atoms with Crippen molar-refractivity contribution in [3.05, 3.63) is 89.0 Å². The van der Waals surface area contributed by atoms with Gasteiger partial charge in [0.05, 0.1) is 25.0 Å². The molecule has 0 spiro atoms. The molecule has 6 heteroatoms. The van der Waals surface area contributed by atoms with Crippen molar-refractivity contribution in [1.82, 2.24) is 4.90 Å². The summed E-state index contributed by atoms with van der Waals surface area (Å²) in [6.45, 7) is 6.57. The van der Waals surface area contributed by atoms with Crippen LogP contribution in [0.4, 0.5) is 5.69 Å². The third kappa shape index (κ3) is 4.10. The highest BCUT2D eigenvalue weighted by molar-refractivity contribution is 6.36. The van der Waals surface area contributed by atoms with Gasteiger partial charge < -0.3 is 14.5 Å². The summed E-state index contributed by atoms with van der Waals surface area (Å²) < 4.78 is 10.8. The van der Waals surface area contributed by atoms with E-state index in [9.17, 15) is 9.59 Å². The smallest absolute Gasteiger partial charge is 0.278 e. The van der Waals surface area contributed by atoms with Gasteiger partial charge in [0.2, 0.25) is 0 Å². The zero-order chi connectivity index (χ0) is 22.0. The lowest BCUT2D eigenvalue weighted by Gasteiger charge is -2.14. The Kier molecular flexibility index (Phi) is 5.62. The molecule has 158 valence electrons. The lowest BCUT2D eigenvalue weighted by Crippen LogP contribution is -2.31. The maximum atomic E-state index is 13.3. The molecule has 31 heavy (non-hydrogen) atoms. The summed E-state index contributed by atoms with van der Waals surface area (Å²) in [5.41, 5.74) is 4.18. The molecule has 0 saturated heterocycles. The van der Waals surface area contributed by atoms with Gasteiger partial charge in [-0.2, -0.15) is 0 Å². The second-order valence-corrected chi connectivity index (χ2v) is 7.41. The van der Waals surface area contributed by atoms with Gasteiger partial charge in [-0.05, 0) is 73.9 Å². The maximum absolute atomic E-state index is 13.3. The van der Waals surface area contributed by atoms with Gasteiger partial charge in [-0.1, -0.05) is 18.2 Å². The van der Waals surface area contributed by atoms with Crippen molar-refractivity contribution in [1.29, 1.82) is 0 Å². The van der Waals surface area contributed by atoms with Crippen LogP contribution >= 0.6 is 0 Å². The molecule has 0 bridgehead atoms. The van der Waals surface area contributed by atoms with Gasteiger partial charge in [0.1, 0.15) is 17.2 Å². The van der Waals surface area contributed by atoms with Crippen molar-refractivity contribution in [2.24, 2.45) is 0 Å². The molecule has 4 rings (SSSR count). The highest BCUT2D eigenvalue weighted by Gasteiger charge is 2.39. The lowest BCUT2D eigenvalue weighted by atomic mass is 9.99. The van der Waals surface area contributed by atoms with E-state index in [0.717, 1.165) is 16.9 Å². The molecule has 6 nitrogen and oxygen atoms in total. The molecular weight excluding hydrogens is 392 g/mol. The van der Waals surface area contributed by atoms with Crippen LogP contribution in [0.15, 0.2) is 71.0 Å². The quantitative estimate of drug-likeness (QED) is 0.566. The second-order valence-electron chi connectivity index (χ2n) is 7.41. The third-order valence-corrected chi connectivity index (χ3v) is 5.29. The number of imide groups is 1. The number of aryl methyl sites for hydroxylation is 2. The number of furan rings is 1. The van der Waals surface area contributed by atoms with E-state index in [2.05, 4.69) is 5.32 Å². The van der Waals surface area contributed by atoms with Crippen molar-refractivity contribution in [2.45, 2.75) is 27.3 Å². The number of ether oxygens (including phenoxy) is 1. The molecule has 0 atom stereocenters. The minimum Gasteiger partial charge on any atom is -0.494 e. The van der Waals surface area contributed by atoms with Crippen molar-refractivity contribution >= 4 is 23.1 Å². The van der Waals surface area contributed by atoms with Crippen LogP contribution in [0, 0.1) is 13.8 Å². The predicted octanol–water partition coefficient (Wildman–Crippen LogP) is 4.69. The Morgan fingerprint density at radius 1 is 0.968 bits per heavy atom. The van der Waals surface area contributed by atoms with Gasteiger partial charge in [0, 0.05) is 5.69 Å². The molecule has 2 heterocycles. The van der Waals surface area contributed by atoms with Crippen molar-refractivity contribution in [2.75, 3.05) is 11.9 Å². The minimum atomic E-state index is -0.386. The largest absolute Gasteiger partial charge is 0.494 e. The van der Waals surface area contributed by atoms with Crippen molar-refractivity contribution in [3.8, 4) is 5.75 Å². The fourth-order valence-corrected chi connectivity index (χ4v) is 3.50. The number of benzene rings is 2. The normalized spacial score (nSPS) is 13.8. The van der Waals surface area contributed by atoms with Crippen LogP contribution in [-0.4, -0.2) is 23.3 Å². The van der Waals surface area contributed by atoms with E-state index in [1.165, 1.54) is 11.2 Å². The van der Waals surface area contributed by atoms with E-state index >= 15 is 0 Å². The molecule has 1 aliphatic rings. The van der Waals surface area contributed by atoms with E-state index in [4.69, 9.17) is 9.15 Å². The first-order chi connectivity index (χ1) is 15.0. The fourth-order valence-electron chi connectivity index (χ4n) is 3.50. The molecule has 3 aromatic rings. The number of rotatable bonds is 7. The molecule has 2 aromatic carbocycles. The number of hydrogen-bond donors (Lipinski definition) is 1. The average Bonchev–Trinajstić information content (AvgIpc) is 3.35. The number of anilines is 1. The number of carbonyl (C=O) groups excluding carboxylic acids is 2. The zero-order valence-corrected chi connectivity index (χ0v) is 17.8. The Hall–Kier alpha value is -3.80. The monoisotopic (exact) mass is 416 g/mol. The van der Waals surface area contributed by atoms with Crippen LogP contribution in [-0.2, 0) is 16.1 Å². The van der Waals surface area contributed by atoms with Crippen molar-refractivity contribution < 1.29 is 18.7 Å². The third-order valence-electron chi connectivity index (χ3n) is 5.29. The highest BCUT2D eigenvalue weighted by Crippen LogP contribution is 2.32. The summed E-state index contributed by atoms with van der Waals surface area (Å²) in [4.78, 5) is 27.8. The molecule has 0 saturated carbocycles.